The fourth-order valence-electron chi connectivity index (χ4n) is 1.88. The van der Waals surface area contributed by atoms with Crippen LogP contribution in [-0.2, 0) is 0 Å². The molecule has 1 aromatic carbocycles. The number of nitrogens with one attached hydrogen (secondary N) is 1. The van der Waals surface area contributed by atoms with Crippen LogP contribution in [0.15, 0.2) is 32.5 Å². The second-order valence-corrected chi connectivity index (χ2v) is 7.93. The maximum Gasteiger partial charge on any atom is 0.0843 e. The van der Waals surface area contributed by atoms with Crippen LogP contribution in [0, 0.1) is 6.92 Å². The molecule has 1 aromatic heterocycles. The second-order valence-electron chi connectivity index (χ2n) is 4.27. The van der Waals surface area contributed by atoms with E-state index in [-0.39, 0.29) is 6.04 Å². The minimum Gasteiger partial charge on any atom is -0.306 e. The fourth-order valence-corrected chi connectivity index (χ4v) is 4.26. The maximum absolute atomic E-state index is 6.24. The van der Waals surface area contributed by atoms with Crippen molar-refractivity contribution in [2.75, 3.05) is 6.54 Å². The van der Waals surface area contributed by atoms with Crippen LogP contribution in [0.3, 0.4) is 0 Å². The topological polar surface area (TPSA) is 12.0 Å². The Morgan fingerprint density at radius 3 is 2.58 bits per heavy atom. The molecule has 2 rings (SSSR count). The van der Waals surface area contributed by atoms with Gasteiger partial charge in [0, 0.05) is 14.4 Å². The summed E-state index contributed by atoms with van der Waals surface area (Å²) in [4.78, 5) is 1.26. The molecule has 0 aliphatic rings. The molecule has 5 heteroatoms. The zero-order chi connectivity index (χ0) is 14.0. The van der Waals surface area contributed by atoms with Gasteiger partial charge in [-0.3, -0.25) is 0 Å². The Hall–Kier alpha value is 0.130. The van der Waals surface area contributed by atoms with E-state index in [0.717, 1.165) is 25.4 Å². The van der Waals surface area contributed by atoms with Crippen molar-refractivity contribution in [3.05, 3.63) is 53.6 Å². The van der Waals surface area contributed by atoms with Crippen molar-refractivity contribution in [2.24, 2.45) is 0 Å². The van der Waals surface area contributed by atoms with Crippen molar-refractivity contribution in [2.45, 2.75) is 19.9 Å². The van der Waals surface area contributed by atoms with Crippen LogP contribution in [0.1, 0.15) is 29.0 Å². The number of halogens is 3. The van der Waals surface area contributed by atoms with Gasteiger partial charge in [-0.1, -0.05) is 30.7 Å². The van der Waals surface area contributed by atoms with Crippen molar-refractivity contribution >= 4 is 54.8 Å². The Balaban J connectivity index is 2.41. The zero-order valence-corrected chi connectivity index (χ0v) is 15.4. The van der Waals surface area contributed by atoms with Gasteiger partial charge in [-0.05, 0) is 68.6 Å². The number of hydrogen-bond acceptors (Lipinski definition) is 2. The minimum absolute atomic E-state index is 0.177. The van der Waals surface area contributed by atoms with Crippen LogP contribution in [-0.4, -0.2) is 6.54 Å². The molecule has 19 heavy (non-hydrogen) atoms. The molecule has 0 saturated carbocycles. The summed E-state index contributed by atoms with van der Waals surface area (Å²) in [5, 5.41) is 4.33. The molecule has 0 saturated heterocycles. The monoisotopic (exact) mass is 421 g/mol. The summed E-state index contributed by atoms with van der Waals surface area (Å²) in [5.41, 5.74) is 2.30. The van der Waals surface area contributed by atoms with Gasteiger partial charge in [0.2, 0.25) is 0 Å². The predicted octanol–water partition coefficient (Wildman–Crippen LogP) is 5.93. The van der Waals surface area contributed by atoms with Crippen molar-refractivity contribution in [1.29, 1.82) is 0 Å². The van der Waals surface area contributed by atoms with Gasteiger partial charge in [-0.15, -0.1) is 11.3 Å². The Morgan fingerprint density at radius 2 is 2.05 bits per heavy atom. The average Bonchev–Trinajstić information content (AvgIpc) is 2.70. The van der Waals surface area contributed by atoms with Gasteiger partial charge in [-0.25, -0.2) is 0 Å². The number of rotatable bonds is 4. The first kappa shape index (κ1) is 15.5. The van der Waals surface area contributed by atoms with E-state index < -0.39 is 0 Å². The lowest BCUT2D eigenvalue weighted by atomic mass is 10.0. The molecule has 1 atom stereocenters. The molecule has 0 fully saturated rings. The normalized spacial score (nSPS) is 12.7. The molecule has 0 amide bonds. The third-order valence-electron chi connectivity index (χ3n) is 2.89. The maximum atomic E-state index is 6.24. The number of benzene rings is 1. The number of aryl methyl sites for hydroxylation is 1. The molecular weight excluding hydrogens is 409 g/mol. The number of hydrogen-bond donors (Lipinski definition) is 1. The number of thiophene rings is 1. The van der Waals surface area contributed by atoms with Crippen LogP contribution in [0.4, 0.5) is 0 Å². The first-order valence-electron chi connectivity index (χ1n) is 5.97. The molecule has 1 N–H and O–H groups in total. The van der Waals surface area contributed by atoms with Gasteiger partial charge in [0.15, 0.2) is 0 Å². The summed E-state index contributed by atoms with van der Waals surface area (Å²) in [5.74, 6) is 0. The van der Waals surface area contributed by atoms with Gasteiger partial charge in [0.25, 0.3) is 0 Å². The van der Waals surface area contributed by atoms with Gasteiger partial charge >= 0.3 is 0 Å². The lowest BCUT2D eigenvalue weighted by Crippen LogP contribution is -2.21. The summed E-state index contributed by atoms with van der Waals surface area (Å²) < 4.78 is 2.21. The first-order chi connectivity index (χ1) is 9.02. The molecule has 0 radical (unpaired) electrons. The molecule has 2 aromatic rings. The largest absolute Gasteiger partial charge is 0.306 e. The molecule has 102 valence electrons. The SMILES string of the molecule is CCNC(c1ccc(C)c(Cl)c1)c1cc(Br)c(Br)s1. The first-order valence-corrected chi connectivity index (χ1v) is 8.75. The Labute approximate surface area is 139 Å². The lowest BCUT2D eigenvalue weighted by molar-refractivity contribution is 0.639. The molecule has 0 bridgehead atoms. The minimum atomic E-state index is 0.177. The van der Waals surface area contributed by atoms with Crippen molar-refractivity contribution < 1.29 is 0 Å². The third kappa shape index (κ3) is 3.61. The lowest BCUT2D eigenvalue weighted by Gasteiger charge is -2.17. The predicted molar refractivity (Wildman–Crippen MR) is 91.4 cm³/mol. The highest BCUT2D eigenvalue weighted by Gasteiger charge is 2.17. The van der Waals surface area contributed by atoms with Gasteiger partial charge in [-0.2, -0.15) is 0 Å². The van der Waals surface area contributed by atoms with E-state index >= 15 is 0 Å². The molecule has 0 aliphatic carbocycles. The summed E-state index contributed by atoms with van der Waals surface area (Å²) in [6.45, 7) is 5.04. The van der Waals surface area contributed by atoms with E-state index in [1.165, 1.54) is 10.4 Å². The highest BCUT2D eigenvalue weighted by molar-refractivity contribution is 9.13. The average molecular weight is 424 g/mol. The quantitative estimate of drug-likeness (QED) is 0.642. The zero-order valence-electron chi connectivity index (χ0n) is 10.6. The van der Waals surface area contributed by atoms with Crippen LogP contribution in [0.25, 0.3) is 0 Å². The second kappa shape index (κ2) is 6.72. The van der Waals surface area contributed by atoms with E-state index in [4.69, 9.17) is 11.6 Å². The van der Waals surface area contributed by atoms with Crippen LogP contribution < -0.4 is 5.32 Å². The molecular formula is C14H14Br2ClNS. The van der Waals surface area contributed by atoms with Gasteiger partial charge in [0.1, 0.15) is 0 Å². The molecule has 1 nitrogen and oxygen atoms in total. The Bertz CT molecular complexity index is 563. The molecule has 0 aliphatic heterocycles. The van der Waals surface area contributed by atoms with E-state index in [0.29, 0.717) is 0 Å². The van der Waals surface area contributed by atoms with Gasteiger partial charge < -0.3 is 5.32 Å². The summed E-state index contributed by atoms with van der Waals surface area (Å²) in [6, 6.07) is 8.58. The van der Waals surface area contributed by atoms with E-state index in [2.05, 4.69) is 62.3 Å². The Kier molecular flexibility index (Phi) is 5.49. The Morgan fingerprint density at radius 1 is 1.32 bits per heavy atom. The summed E-state index contributed by atoms with van der Waals surface area (Å²) in [7, 11) is 0. The smallest absolute Gasteiger partial charge is 0.0843 e. The van der Waals surface area contributed by atoms with Gasteiger partial charge in [0.05, 0.1) is 9.83 Å². The molecule has 1 heterocycles. The van der Waals surface area contributed by atoms with Crippen molar-refractivity contribution in [1.82, 2.24) is 5.32 Å². The molecule has 1 unspecified atom stereocenters. The highest BCUT2D eigenvalue weighted by Crippen LogP contribution is 2.38. The van der Waals surface area contributed by atoms with Crippen LogP contribution in [0.2, 0.25) is 5.02 Å². The highest BCUT2D eigenvalue weighted by atomic mass is 79.9. The van der Waals surface area contributed by atoms with Crippen molar-refractivity contribution in [3.63, 3.8) is 0 Å². The van der Waals surface area contributed by atoms with Crippen LogP contribution >= 0.6 is 54.8 Å². The fraction of sp³-hybridized carbons (Fsp3) is 0.286. The molecule has 0 spiro atoms. The van der Waals surface area contributed by atoms with E-state index in [1.54, 1.807) is 11.3 Å². The summed E-state index contributed by atoms with van der Waals surface area (Å²) in [6.07, 6.45) is 0. The van der Waals surface area contributed by atoms with E-state index in [1.807, 2.05) is 13.0 Å². The van der Waals surface area contributed by atoms with E-state index in [9.17, 15) is 0 Å². The third-order valence-corrected chi connectivity index (χ3v) is 6.61. The van der Waals surface area contributed by atoms with Crippen LogP contribution in [0.5, 0.6) is 0 Å². The van der Waals surface area contributed by atoms with Crippen molar-refractivity contribution in [3.8, 4) is 0 Å². The summed E-state index contributed by atoms with van der Waals surface area (Å²) >= 11 is 15.1. The standard InChI is InChI=1S/C14H14Br2ClNS/c1-3-18-13(12-7-10(15)14(16)19-12)9-5-4-8(2)11(17)6-9/h4-7,13,18H,3H2,1-2H3.